The minimum absolute atomic E-state index is 0.0535. The molecule has 4 nitrogen and oxygen atoms in total. The number of aliphatic hydroxyl groups excluding tert-OH is 1. The molecule has 1 atom stereocenters. The third-order valence-corrected chi connectivity index (χ3v) is 4.13. The molecule has 1 aliphatic heterocycles. The van der Waals surface area contributed by atoms with E-state index in [4.69, 9.17) is 11.6 Å². The molecule has 0 bridgehead atoms. The number of likely N-dealkylation sites (tertiary alicyclic amines) is 1. The van der Waals surface area contributed by atoms with E-state index in [1.807, 2.05) is 4.90 Å². The fraction of sp³-hybridized carbons (Fsp3) is 0.533. The van der Waals surface area contributed by atoms with Gasteiger partial charge in [0.25, 0.3) is 0 Å². The second-order valence-electron chi connectivity index (χ2n) is 5.67. The van der Waals surface area contributed by atoms with Crippen LogP contribution in [0.15, 0.2) is 18.2 Å². The number of piperidine rings is 1. The van der Waals surface area contributed by atoms with E-state index >= 15 is 0 Å². The number of anilines is 1. The summed E-state index contributed by atoms with van der Waals surface area (Å²) in [6.07, 6.45) is -2.71. The lowest BCUT2D eigenvalue weighted by molar-refractivity contribution is -0.137. The Labute approximate surface area is 137 Å². The van der Waals surface area contributed by atoms with Crippen LogP contribution in [0.4, 0.5) is 18.9 Å². The number of rotatable bonds is 4. The van der Waals surface area contributed by atoms with Gasteiger partial charge in [-0.3, -0.25) is 9.69 Å². The molecular weight excluding hydrogens is 333 g/mol. The van der Waals surface area contributed by atoms with Gasteiger partial charge in [0.1, 0.15) is 0 Å². The Morgan fingerprint density at radius 2 is 2.17 bits per heavy atom. The molecule has 0 saturated carbocycles. The minimum Gasteiger partial charge on any atom is -0.396 e. The van der Waals surface area contributed by atoms with Crippen molar-refractivity contribution in [3.05, 3.63) is 28.8 Å². The van der Waals surface area contributed by atoms with E-state index in [-0.39, 0.29) is 29.8 Å². The molecule has 2 N–H and O–H groups in total. The number of hydrogen-bond donors (Lipinski definition) is 2. The van der Waals surface area contributed by atoms with Gasteiger partial charge in [-0.2, -0.15) is 13.2 Å². The zero-order valence-electron chi connectivity index (χ0n) is 12.4. The Morgan fingerprint density at radius 3 is 2.83 bits per heavy atom. The first-order chi connectivity index (χ1) is 10.8. The summed E-state index contributed by atoms with van der Waals surface area (Å²) in [7, 11) is 0. The molecule has 1 fully saturated rings. The van der Waals surface area contributed by atoms with Gasteiger partial charge in [0.15, 0.2) is 0 Å². The number of hydrogen-bond acceptors (Lipinski definition) is 3. The number of aliphatic hydroxyl groups is 1. The highest BCUT2D eigenvalue weighted by Crippen LogP contribution is 2.33. The van der Waals surface area contributed by atoms with Crippen LogP contribution in [-0.4, -0.2) is 42.2 Å². The SMILES string of the molecule is O=C(CN1CCCC(CO)C1)Nc1cc(C(F)(F)F)ccc1Cl. The van der Waals surface area contributed by atoms with Crippen molar-refractivity contribution in [2.45, 2.75) is 19.0 Å². The highest BCUT2D eigenvalue weighted by molar-refractivity contribution is 6.33. The first-order valence-electron chi connectivity index (χ1n) is 7.29. The van der Waals surface area contributed by atoms with Gasteiger partial charge in [-0.25, -0.2) is 0 Å². The average molecular weight is 351 g/mol. The summed E-state index contributed by atoms with van der Waals surface area (Å²) >= 11 is 5.85. The molecule has 128 valence electrons. The maximum absolute atomic E-state index is 12.7. The van der Waals surface area contributed by atoms with Crippen molar-refractivity contribution < 1.29 is 23.1 Å². The van der Waals surface area contributed by atoms with Crippen LogP contribution in [0.25, 0.3) is 0 Å². The predicted octanol–water partition coefficient (Wildman–Crippen LogP) is 3.00. The standard InChI is InChI=1S/C15H18ClF3N2O2/c16-12-4-3-11(15(17,18)19)6-13(12)20-14(23)8-21-5-1-2-10(7-21)9-22/h3-4,6,10,22H,1-2,5,7-9H2,(H,20,23). The Bertz CT molecular complexity index is 566. The maximum atomic E-state index is 12.7. The summed E-state index contributed by atoms with van der Waals surface area (Å²) < 4.78 is 38.1. The monoisotopic (exact) mass is 350 g/mol. The third kappa shape index (κ3) is 5.09. The van der Waals surface area contributed by atoms with Gasteiger partial charge in [-0.05, 0) is 43.5 Å². The highest BCUT2D eigenvalue weighted by Gasteiger charge is 2.31. The van der Waals surface area contributed by atoms with Crippen molar-refractivity contribution in [2.75, 3.05) is 31.6 Å². The van der Waals surface area contributed by atoms with Gasteiger partial charge < -0.3 is 10.4 Å². The smallest absolute Gasteiger partial charge is 0.396 e. The first-order valence-corrected chi connectivity index (χ1v) is 7.67. The van der Waals surface area contributed by atoms with Crippen LogP contribution in [0, 0.1) is 5.92 Å². The van der Waals surface area contributed by atoms with E-state index in [0.29, 0.717) is 6.54 Å². The van der Waals surface area contributed by atoms with Crippen molar-refractivity contribution in [3.63, 3.8) is 0 Å². The molecule has 1 heterocycles. The third-order valence-electron chi connectivity index (χ3n) is 3.80. The van der Waals surface area contributed by atoms with E-state index in [1.165, 1.54) is 0 Å². The van der Waals surface area contributed by atoms with Gasteiger partial charge in [0, 0.05) is 13.2 Å². The van der Waals surface area contributed by atoms with E-state index in [2.05, 4.69) is 5.32 Å². The van der Waals surface area contributed by atoms with Gasteiger partial charge in [0.05, 0.1) is 22.8 Å². The first kappa shape index (κ1) is 18.0. The van der Waals surface area contributed by atoms with Gasteiger partial charge >= 0.3 is 6.18 Å². The van der Waals surface area contributed by atoms with E-state index in [1.54, 1.807) is 0 Å². The Morgan fingerprint density at radius 1 is 1.43 bits per heavy atom. The molecule has 8 heteroatoms. The lowest BCUT2D eigenvalue weighted by Crippen LogP contribution is -2.41. The van der Waals surface area contributed by atoms with Crippen LogP contribution in [-0.2, 0) is 11.0 Å². The summed E-state index contributed by atoms with van der Waals surface area (Å²) in [6, 6.07) is 2.81. The van der Waals surface area contributed by atoms with Crippen molar-refractivity contribution in [2.24, 2.45) is 5.92 Å². The fourth-order valence-electron chi connectivity index (χ4n) is 2.63. The number of nitrogens with one attached hydrogen (secondary N) is 1. The molecule has 1 aromatic rings. The zero-order chi connectivity index (χ0) is 17.0. The largest absolute Gasteiger partial charge is 0.416 e. The van der Waals surface area contributed by atoms with Crippen LogP contribution < -0.4 is 5.32 Å². The van der Waals surface area contributed by atoms with Gasteiger partial charge in [-0.1, -0.05) is 11.6 Å². The van der Waals surface area contributed by atoms with Crippen LogP contribution >= 0.6 is 11.6 Å². The number of nitrogens with zero attached hydrogens (tertiary/aromatic N) is 1. The quantitative estimate of drug-likeness (QED) is 0.877. The van der Waals surface area contributed by atoms with Crippen LogP contribution in [0.3, 0.4) is 0 Å². The Hall–Kier alpha value is -1.31. The maximum Gasteiger partial charge on any atom is 0.416 e. The molecule has 1 saturated heterocycles. The number of halogens is 4. The molecule has 1 amide bonds. The molecule has 2 rings (SSSR count). The summed E-state index contributed by atoms with van der Waals surface area (Å²) in [5.41, 5.74) is -0.919. The normalized spacial score (nSPS) is 19.6. The molecule has 1 aliphatic rings. The molecular formula is C15H18ClF3N2O2. The van der Waals surface area contributed by atoms with Crippen molar-refractivity contribution in [1.29, 1.82) is 0 Å². The molecule has 0 aliphatic carbocycles. The van der Waals surface area contributed by atoms with Crippen LogP contribution in [0.1, 0.15) is 18.4 Å². The minimum atomic E-state index is -4.49. The number of carbonyl (C=O) groups is 1. The van der Waals surface area contributed by atoms with Gasteiger partial charge in [-0.15, -0.1) is 0 Å². The van der Waals surface area contributed by atoms with Crippen LogP contribution in [0.2, 0.25) is 5.02 Å². The fourth-order valence-corrected chi connectivity index (χ4v) is 2.80. The Balaban J connectivity index is 2.00. The number of carbonyl (C=O) groups excluding carboxylic acids is 1. The van der Waals surface area contributed by atoms with Crippen molar-refractivity contribution >= 4 is 23.2 Å². The van der Waals surface area contributed by atoms with Crippen LogP contribution in [0.5, 0.6) is 0 Å². The molecule has 23 heavy (non-hydrogen) atoms. The summed E-state index contributed by atoms with van der Waals surface area (Å²) in [4.78, 5) is 13.9. The molecule has 1 unspecified atom stereocenters. The van der Waals surface area contributed by atoms with E-state index in [9.17, 15) is 23.1 Å². The van der Waals surface area contributed by atoms with E-state index in [0.717, 1.165) is 37.6 Å². The van der Waals surface area contributed by atoms with E-state index < -0.39 is 17.6 Å². The number of alkyl halides is 3. The number of amides is 1. The summed E-state index contributed by atoms with van der Waals surface area (Å²) in [6.45, 7) is 1.45. The summed E-state index contributed by atoms with van der Waals surface area (Å²) in [5.74, 6) is -0.293. The molecule has 0 spiro atoms. The summed E-state index contributed by atoms with van der Waals surface area (Å²) in [5, 5.41) is 11.7. The highest BCUT2D eigenvalue weighted by atomic mass is 35.5. The Kier molecular flexibility index (Phi) is 5.89. The number of benzene rings is 1. The molecule has 0 aromatic heterocycles. The van der Waals surface area contributed by atoms with Crippen molar-refractivity contribution in [1.82, 2.24) is 4.90 Å². The van der Waals surface area contributed by atoms with Crippen molar-refractivity contribution in [3.8, 4) is 0 Å². The molecule has 1 aromatic carbocycles. The lowest BCUT2D eigenvalue weighted by Gasteiger charge is -2.31. The van der Waals surface area contributed by atoms with Gasteiger partial charge in [0.2, 0.25) is 5.91 Å². The average Bonchev–Trinajstić information content (AvgIpc) is 2.48. The predicted molar refractivity (Wildman–Crippen MR) is 81.3 cm³/mol. The zero-order valence-corrected chi connectivity index (χ0v) is 13.1. The topological polar surface area (TPSA) is 52.6 Å². The lowest BCUT2D eigenvalue weighted by atomic mass is 9.99. The second kappa shape index (κ2) is 7.51. The molecule has 0 radical (unpaired) electrons. The second-order valence-corrected chi connectivity index (χ2v) is 6.07.